The zero-order valence-corrected chi connectivity index (χ0v) is 38.9. The van der Waals surface area contributed by atoms with E-state index >= 15 is 0 Å². The van der Waals surface area contributed by atoms with E-state index < -0.39 is 0 Å². The standard InChI is InChI=1S/C66H46N4/c1-66(2)59-33-13-12-30-55(59)57-32-17-31-54(62(57)66)51-27-14-24-46(38-51)49-35-37-60-58(41-49)56-36-34-50(42-61(56)70(60)53-29-16-26-48(40-53)43-18-6-3-7-19-43)47-25-15-28-52(39-47)65-68-63(44-20-8-4-9-21-44)67-64(69-65)45-22-10-5-11-23-45/h3-42H,1-2H3. The maximum Gasteiger partial charge on any atom is 0.164 e. The molecule has 0 radical (unpaired) electrons. The van der Waals surface area contributed by atoms with E-state index in [1.165, 1.54) is 66.4 Å². The van der Waals surface area contributed by atoms with Gasteiger partial charge in [-0.1, -0.05) is 214 Å². The second-order valence-corrected chi connectivity index (χ2v) is 18.8. The summed E-state index contributed by atoms with van der Waals surface area (Å²) in [4.78, 5) is 15.1. The Morgan fingerprint density at radius 2 is 0.771 bits per heavy atom. The number of hydrogen-bond donors (Lipinski definition) is 0. The average Bonchev–Trinajstić information content (AvgIpc) is 3.88. The fourth-order valence-corrected chi connectivity index (χ4v) is 10.8. The lowest BCUT2D eigenvalue weighted by Crippen LogP contribution is -2.16. The van der Waals surface area contributed by atoms with Gasteiger partial charge in [-0.05, 0) is 109 Å². The first-order chi connectivity index (χ1) is 34.4. The van der Waals surface area contributed by atoms with Crippen molar-refractivity contribution in [1.29, 1.82) is 0 Å². The third kappa shape index (κ3) is 7.03. The molecule has 10 aromatic carbocycles. The smallest absolute Gasteiger partial charge is 0.164 e. The van der Waals surface area contributed by atoms with Gasteiger partial charge in [0, 0.05) is 38.6 Å². The molecule has 0 saturated heterocycles. The highest BCUT2D eigenvalue weighted by Crippen LogP contribution is 2.52. The Labute approximate surface area is 407 Å². The minimum Gasteiger partial charge on any atom is -0.309 e. The van der Waals surface area contributed by atoms with Gasteiger partial charge >= 0.3 is 0 Å². The maximum atomic E-state index is 5.06. The van der Waals surface area contributed by atoms with Crippen LogP contribution < -0.4 is 0 Å². The predicted molar refractivity (Wildman–Crippen MR) is 290 cm³/mol. The molecule has 1 aliphatic rings. The summed E-state index contributed by atoms with van der Waals surface area (Å²) < 4.78 is 2.43. The normalized spacial score (nSPS) is 12.5. The van der Waals surface area contributed by atoms with Gasteiger partial charge < -0.3 is 4.57 Å². The Bertz CT molecular complexity index is 3910. The van der Waals surface area contributed by atoms with Crippen LogP contribution >= 0.6 is 0 Å². The van der Waals surface area contributed by atoms with Gasteiger partial charge in [0.15, 0.2) is 17.5 Å². The lowest BCUT2D eigenvalue weighted by molar-refractivity contribution is 0.662. The lowest BCUT2D eigenvalue weighted by Gasteiger charge is -2.24. The van der Waals surface area contributed by atoms with Crippen LogP contribution in [0.25, 0.3) is 117 Å². The SMILES string of the molecule is CC1(C)c2ccccc2-c2cccc(-c3cccc(-c4ccc5c(c4)c4ccc(-c6cccc(-c7nc(-c8ccccc8)nc(-c8ccccc8)n7)c6)cc4n5-c4cccc(-c5ccccc5)c4)c3)c21. The topological polar surface area (TPSA) is 43.6 Å². The van der Waals surface area contributed by atoms with Gasteiger partial charge in [-0.25, -0.2) is 15.0 Å². The van der Waals surface area contributed by atoms with Crippen LogP contribution in [0.5, 0.6) is 0 Å². The summed E-state index contributed by atoms with van der Waals surface area (Å²) in [6.45, 7) is 4.73. The highest BCUT2D eigenvalue weighted by Gasteiger charge is 2.37. The van der Waals surface area contributed by atoms with Crippen molar-refractivity contribution in [2.24, 2.45) is 0 Å². The van der Waals surface area contributed by atoms with Crippen LogP contribution in [0.2, 0.25) is 0 Å². The summed E-state index contributed by atoms with van der Waals surface area (Å²) in [6.07, 6.45) is 0. The zero-order valence-electron chi connectivity index (χ0n) is 38.9. The van der Waals surface area contributed by atoms with E-state index in [9.17, 15) is 0 Å². The molecule has 12 aromatic rings. The van der Waals surface area contributed by atoms with Crippen molar-refractivity contribution < 1.29 is 0 Å². The van der Waals surface area contributed by atoms with E-state index in [-0.39, 0.29) is 5.41 Å². The summed E-state index contributed by atoms with van der Waals surface area (Å²) in [6, 6.07) is 87.1. The summed E-state index contributed by atoms with van der Waals surface area (Å²) in [7, 11) is 0. The monoisotopic (exact) mass is 894 g/mol. The Hall–Kier alpha value is -8.99. The summed E-state index contributed by atoms with van der Waals surface area (Å²) in [5, 5.41) is 2.39. The summed E-state index contributed by atoms with van der Waals surface area (Å²) in [5.74, 6) is 1.91. The largest absolute Gasteiger partial charge is 0.309 e. The molecular formula is C66H46N4. The van der Waals surface area contributed by atoms with Crippen molar-refractivity contribution in [2.75, 3.05) is 0 Å². The van der Waals surface area contributed by atoms with Crippen LogP contribution in [0.1, 0.15) is 25.0 Å². The van der Waals surface area contributed by atoms with Gasteiger partial charge in [0.25, 0.3) is 0 Å². The molecule has 13 rings (SSSR count). The number of benzene rings is 10. The predicted octanol–water partition coefficient (Wildman–Crippen LogP) is 16.9. The molecule has 4 heteroatoms. The van der Waals surface area contributed by atoms with Crippen molar-refractivity contribution in [3.63, 3.8) is 0 Å². The zero-order chi connectivity index (χ0) is 46.8. The molecular weight excluding hydrogens is 849 g/mol. The third-order valence-electron chi connectivity index (χ3n) is 14.2. The molecule has 4 nitrogen and oxygen atoms in total. The van der Waals surface area contributed by atoms with Gasteiger partial charge in [-0.2, -0.15) is 0 Å². The molecule has 1 aliphatic carbocycles. The molecule has 70 heavy (non-hydrogen) atoms. The van der Waals surface area contributed by atoms with E-state index in [1.54, 1.807) is 0 Å². The first-order valence-electron chi connectivity index (χ1n) is 24.0. The Morgan fingerprint density at radius 1 is 0.300 bits per heavy atom. The molecule has 0 bridgehead atoms. The molecule has 0 aliphatic heterocycles. The minimum absolute atomic E-state index is 0.109. The molecule has 0 N–H and O–H groups in total. The molecule has 2 aromatic heterocycles. The van der Waals surface area contributed by atoms with Crippen LogP contribution in [0.4, 0.5) is 0 Å². The second kappa shape index (κ2) is 16.7. The minimum atomic E-state index is -0.109. The van der Waals surface area contributed by atoms with Gasteiger partial charge in [-0.15, -0.1) is 0 Å². The molecule has 0 unspecified atom stereocenters. The van der Waals surface area contributed by atoms with E-state index in [0.29, 0.717) is 17.5 Å². The van der Waals surface area contributed by atoms with E-state index in [1.807, 2.05) is 60.7 Å². The maximum absolute atomic E-state index is 5.06. The van der Waals surface area contributed by atoms with E-state index in [0.717, 1.165) is 44.5 Å². The fourth-order valence-electron chi connectivity index (χ4n) is 10.8. The second-order valence-electron chi connectivity index (χ2n) is 18.8. The Balaban J connectivity index is 0.947. The number of rotatable bonds is 8. The van der Waals surface area contributed by atoms with E-state index in [2.05, 4.69) is 200 Å². The quantitative estimate of drug-likeness (QED) is 0.153. The number of hydrogen-bond acceptors (Lipinski definition) is 3. The highest BCUT2D eigenvalue weighted by atomic mass is 15.0. The van der Waals surface area contributed by atoms with Crippen molar-refractivity contribution >= 4 is 21.8 Å². The van der Waals surface area contributed by atoms with Crippen LogP contribution in [0.3, 0.4) is 0 Å². The Morgan fingerprint density at radius 3 is 1.47 bits per heavy atom. The molecule has 0 amide bonds. The number of fused-ring (bicyclic) bond motifs is 6. The fraction of sp³-hybridized carbons (Fsp3) is 0.0455. The van der Waals surface area contributed by atoms with Crippen LogP contribution in [0, 0.1) is 0 Å². The molecule has 330 valence electrons. The number of nitrogens with zero attached hydrogens (tertiary/aromatic N) is 4. The average molecular weight is 895 g/mol. The van der Waals surface area contributed by atoms with Crippen LogP contribution in [0.15, 0.2) is 243 Å². The summed E-state index contributed by atoms with van der Waals surface area (Å²) in [5.41, 5.74) is 21.0. The number of aromatic nitrogens is 4. The van der Waals surface area contributed by atoms with Gasteiger partial charge in [0.05, 0.1) is 11.0 Å². The van der Waals surface area contributed by atoms with Gasteiger partial charge in [0.2, 0.25) is 0 Å². The Kier molecular flexibility index (Phi) is 9.81. The van der Waals surface area contributed by atoms with Crippen LogP contribution in [-0.4, -0.2) is 19.5 Å². The van der Waals surface area contributed by atoms with Gasteiger partial charge in [0.1, 0.15) is 0 Å². The van der Waals surface area contributed by atoms with Crippen molar-refractivity contribution in [2.45, 2.75) is 19.3 Å². The highest BCUT2D eigenvalue weighted by molar-refractivity contribution is 6.11. The summed E-state index contributed by atoms with van der Waals surface area (Å²) >= 11 is 0. The molecule has 2 heterocycles. The van der Waals surface area contributed by atoms with Crippen molar-refractivity contribution in [3.05, 3.63) is 254 Å². The molecule has 0 atom stereocenters. The molecule has 0 fully saturated rings. The molecule has 0 spiro atoms. The van der Waals surface area contributed by atoms with Crippen molar-refractivity contribution in [3.8, 4) is 95.5 Å². The van der Waals surface area contributed by atoms with E-state index in [4.69, 9.17) is 15.0 Å². The van der Waals surface area contributed by atoms with Gasteiger partial charge in [-0.3, -0.25) is 0 Å². The third-order valence-corrected chi connectivity index (χ3v) is 14.2. The first-order valence-corrected chi connectivity index (χ1v) is 24.0. The lowest BCUT2D eigenvalue weighted by atomic mass is 9.78. The van der Waals surface area contributed by atoms with Crippen LogP contribution in [-0.2, 0) is 5.41 Å². The molecule has 0 saturated carbocycles. The van der Waals surface area contributed by atoms with Crippen molar-refractivity contribution in [1.82, 2.24) is 19.5 Å². The first kappa shape index (κ1) is 41.2.